The number of fused-ring (bicyclic) bond motifs is 8. The van der Waals surface area contributed by atoms with Gasteiger partial charge in [-0.05, 0) is 148 Å². The molecule has 0 unspecified atom stereocenters. The van der Waals surface area contributed by atoms with E-state index in [4.69, 9.17) is 90.8 Å². The summed E-state index contributed by atoms with van der Waals surface area (Å²) in [6.07, 6.45) is 0.921. The summed E-state index contributed by atoms with van der Waals surface area (Å²) in [4.78, 5) is 1.04. The van der Waals surface area contributed by atoms with Crippen molar-refractivity contribution in [3.05, 3.63) is 115 Å². The van der Waals surface area contributed by atoms with Crippen molar-refractivity contribution in [1.82, 2.24) is 0 Å². The molecule has 1 aliphatic carbocycles. The van der Waals surface area contributed by atoms with Crippen LogP contribution in [0.2, 0.25) is 0 Å². The molecular formula is C44H52N4O4S4. The lowest BCUT2D eigenvalue weighted by Gasteiger charge is -2.26. The molecule has 0 heterocycles. The Morgan fingerprint density at radius 2 is 0.500 bits per heavy atom. The lowest BCUT2D eigenvalue weighted by molar-refractivity contribution is 0.233. The average Bonchev–Trinajstić information content (AvgIpc) is 3.08. The molecule has 4 aromatic rings. The minimum absolute atomic E-state index is 0.157. The fourth-order valence-corrected chi connectivity index (χ4v) is 7.48. The van der Waals surface area contributed by atoms with E-state index in [1.54, 1.807) is 0 Å². The third-order valence-electron chi connectivity index (χ3n) is 9.05. The van der Waals surface area contributed by atoms with Crippen LogP contribution in [0.15, 0.2) is 48.5 Å². The number of hydrogen-bond donors (Lipinski definition) is 4. The fraction of sp³-hybridized carbons (Fsp3) is 0.364. The van der Waals surface area contributed by atoms with Gasteiger partial charge in [0.25, 0.3) is 0 Å². The Morgan fingerprint density at radius 1 is 0.357 bits per heavy atom. The summed E-state index contributed by atoms with van der Waals surface area (Å²) < 4.78 is 26.9. The van der Waals surface area contributed by atoms with Gasteiger partial charge in [0.05, 0.1) is 24.4 Å². The van der Waals surface area contributed by atoms with Crippen molar-refractivity contribution in [2.24, 2.45) is 22.9 Å². The van der Waals surface area contributed by atoms with Gasteiger partial charge in [0.1, 0.15) is 43.0 Å². The van der Waals surface area contributed by atoms with E-state index in [0.717, 1.165) is 44.5 Å². The van der Waals surface area contributed by atoms with Crippen LogP contribution in [-0.2, 0) is 25.7 Å². The second kappa shape index (κ2) is 17.8. The van der Waals surface area contributed by atoms with Gasteiger partial charge >= 0.3 is 0 Å². The van der Waals surface area contributed by atoms with E-state index in [1.165, 1.54) is 0 Å². The lowest BCUT2D eigenvalue weighted by Crippen LogP contribution is -2.19. The molecule has 56 heavy (non-hydrogen) atoms. The van der Waals surface area contributed by atoms with Crippen LogP contribution in [0.25, 0.3) is 0 Å². The van der Waals surface area contributed by atoms with Gasteiger partial charge in [0.2, 0.25) is 0 Å². The van der Waals surface area contributed by atoms with Gasteiger partial charge in [0.15, 0.2) is 0 Å². The molecule has 12 heteroatoms. The van der Waals surface area contributed by atoms with E-state index in [0.29, 0.717) is 70.9 Å². The maximum absolute atomic E-state index is 6.71. The molecule has 0 fully saturated rings. The van der Waals surface area contributed by atoms with Gasteiger partial charge in [0, 0.05) is 47.9 Å². The van der Waals surface area contributed by atoms with Crippen molar-refractivity contribution in [3.63, 3.8) is 0 Å². The van der Waals surface area contributed by atoms with Gasteiger partial charge in [-0.25, -0.2) is 0 Å². The molecule has 0 saturated heterocycles. The molecule has 4 aromatic carbocycles. The molecule has 0 aliphatic heterocycles. The van der Waals surface area contributed by atoms with Crippen molar-refractivity contribution in [1.29, 1.82) is 0 Å². The summed E-state index contributed by atoms with van der Waals surface area (Å²) in [6, 6.07) is 16.0. The first-order valence-electron chi connectivity index (χ1n) is 18.8. The smallest absolute Gasteiger partial charge is 0.126 e. The monoisotopic (exact) mass is 828 g/mol. The summed E-state index contributed by atoms with van der Waals surface area (Å²) in [5.41, 5.74) is 35.3. The maximum atomic E-state index is 6.71. The summed E-state index contributed by atoms with van der Waals surface area (Å²) >= 11 is 22.4. The Labute approximate surface area is 352 Å². The Kier molecular flexibility index (Phi) is 13.6. The number of benzene rings is 4. The van der Waals surface area contributed by atoms with E-state index >= 15 is 0 Å². The Morgan fingerprint density at radius 3 is 0.607 bits per heavy atom. The van der Waals surface area contributed by atoms with E-state index in [1.807, 2.05) is 104 Å². The zero-order valence-electron chi connectivity index (χ0n) is 33.3. The summed E-state index contributed by atoms with van der Waals surface area (Å²) in [5.74, 6) is 2.84. The Bertz CT molecular complexity index is 1810. The molecule has 8 bridgehead atoms. The number of thiocarbonyl (C=S) groups is 4. The summed E-state index contributed by atoms with van der Waals surface area (Å²) in [6.45, 7) is 16.0. The zero-order chi connectivity index (χ0) is 41.2. The third-order valence-corrected chi connectivity index (χ3v) is 9.99. The fourth-order valence-electron chi connectivity index (χ4n) is 7.01. The molecule has 0 radical (unpaired) electrons. The van der Waals surface area contributed by atoms with E-state index < -0.39 is 0 Å². The zero-order valence-corrected chi connectivity index (χ0v) is 36.6. The molecule has 0 spiro atoms. The van der Waals surface area contributed by atoms with Crippen molar-refractivity contribution in [3.8, 4) is 23.0 Å². The van der Waals surface area contributed by atoms with Crippen LogP contribution in [0, 0.1) is 0 Å². The molecule has 0 aromatic heterocycles. The van der Waals surface area contributed by atoms with Gasteiger partial charge < -0.3 is 41.9 Å². The molecule has 0 amide bonds. The minimum atomic E-state index is -0.157. The highest BCUT2D eigenvalue weighted by molar-refractivity contribution is 7.81. The van der Waals surface area contributed by atoms with Crippen LogP contribution in [0.3, 0.4) is 0 Å². The lowest BCUT2D eigenvalue weighted by atomic mass is 9.88. The molecule has 1 aliphatic rings. The predicted octanol–water partition coefficient (Wildman–Crippen LogP) is 8.05. The normalized spacial score (nSPS) is 12.5. The number of nitrogens with two attached hydrogens (primary N) is 4. The number of rotatable bonds is 12. The Hall–Kier alpha value is -4.36. The second-order valence-electron chi connectivity index (χ2n) is 15.3. The second-order valence-corrected chi connectivity index (χ2v) is 17.1. The highest BCUT2D eigenvalue weighted by atomic mass is 32.1. The van der Waals surface area contributed by atoms with Crippen LogP contribution < -0.4 is 41.9 Å². The average molecular weight is 829 g/mol. The largest absolute Gasteiger partial charge is 0.490 e. The summed E-state index contributed by atoms with van der Waals surface area (Å²) in [7, 11) is 0. The van der Waals surface area contributed by atoms with Gasteiger partial charge in [-0.15, -0.1) is 0 Å². The molecule has 0 saturated carbocycles. The van der Waals surface area contributed by atoms with Gasteiger partial charge in [-0.1, -0.05) is 48.9 Å². The van der Waals surface area contributed by atoms with Crippen LogP contribution in [0.1, 0.15) is 122 Å². The highest BCUT2D eigenvalue weighted by Gasteiger charge is 2.26. The third kappa shape index (κ3) is 10.1. The standard InChI is InChI=1S/C44H52N4O4S4/c1-21(2)49-37-25-9-27-15-34(42(46)54)17-29(38(27)50-22(3)4)11-31-19-36(44(48)56)20-32(40(31)52-24(7)8)12-30-18-35(43(47)55)16-28(39(30)51-23(5)6)10-26(37)14-33(13-25)41(45)53/h13-24H,9-12H2,1-8H3,(H2,45,53)(H2,46,54)(H2,47,55)(H2,48,56). The molecular weight excluding hydrogens is 777 g/mol. The van der Waals surface area contributed by atoms with Crippen molar-refractivity contribution in [2.75, 3.05) is 0 Å². The van der Waals surface area contributed by atoms with Crippen LogP contribution in [0.5, 0.6) is 23.0 Å². The van der Waals surface area contributed by atoms with E-state index in [-0.39, 0.29) is 44.4 Å². The predicted molar refractivity (Wildman–Crippen MR) is 244 cm³/mol. The quantitative estimate of drug-likeness (QED) is 0.0905. The van der Waals surface area contributed by atoms with Crippen LogP contribution in [-0.4, -0.2) is 44.4 Å². The molecule has 8 N–H and O–H groups in total. The van der Waals surface area contributed by atoms with Crippen molar-refractivity contribution >= 4 is 68.8 Å². The van der Waals surface area contributed by atoms with E-state index in [2.05, 4.69) is 0 Å². The minimum Gasteiger partial charge on any atom is -0.490 e. The van der Waals surface area contributed by atoms with Crippen molar-refractivity contribution in [2.45, 2.75) is 105 Å². The summed E-state index contributed by atoms with van der Waals surface area (Å²) in [5, 5.41) is 0. The SMILES string of the molecule is CC(C)Oc1c2cc(C(N)=S)cc1Cc1cc(C(N)=S)cc(c1OC(C)C)Cc1cc(C(N)=S)cc(c1OC(C)C)Cc1cc(C(N)=S)cc(c1OC(C)C)C2. The maximum Gasteiger partial charge on any atom is 0.126 e. The first kappa shape index (κ1) is 42.8. The number of hydrogen-bond acceptors (Lipinski definition) is 8. The number of ether oxygens (including phenoxy) is 4. The first-order valence-corrected chi connectivity index (χ1v) is 20.4. The van der Waals surface area contributed by atoms with Gasteiger partial charge in [-0.3, -0.25) is 0 Å². The first-order chi connectivity index (χ1) is 26.3. The molecule has 5 rings (SSSR count). The highest BCUT2D eigenvalue weighted by Crippen LogP contribution is 2.41. The van der Waals surface area contributed by atoms with Gasteiger partial charge in [-0.2, -0.15) is 0 Å². The molecule has 8 nitrogen and oxygen atoms in total. The van der Waals surface area contributed by atoms with E-state index in [9.17, 15) is 0 Å². The molecule has 296 valence electrons. The van der Waals surface area contributed by atoms with Crippen LogP contribution >= 0.6 is 48.9 Å². The van der Waals surface area contributed by atoms with Crippen LogP contribution in [0.4, 0.5) is 0 Å². The van der Waals surface area contributed by atoms with Crippen molar-refractivity contribution < 1.29 is 18.9 Å². The topological polar surface area (TPSA) is 141 Å². The Balaban J connectivity index is 2.01. The molecule has 0 atom stereocenters.